The van der Waals surface area contributed by atoms with Crippen molar-refractivity contribution >= 4 is 11.6 Å². The molecule has 3 heteroatoms. The summed E-state index contributed by atoms with van der Waals surface area (Å²) >= 11 is 0. The van der Waals surface area contributed by atoms with E-state index in [9.17, 15) is 4.79 Å². The molecule has 0 bridgehead atoms. The number of anilines is 1. The fourth-order valence-electron chi connectivity index (χ4n) is 2.81. The third-order valence-electron chi connectivity index (χ3n) is 4.53. The first-order chi connectivity index (χ1) is 9.61. The molecule has 0 aliphatic heterocycles. The van der Waals surface area contributed by atoms with Crippen molar-refractivity contribution in [2.45, 2.75) is 51.6 Å². The average Bonchev–Trinajstić information content (AvgIpc) is 3.17. The number of rotatable bonds is 5. The Bertz CT molecular complexity index is 488. The van der Waals surface area contributed by atoms with Gasteiger partial charge in [0.25, 0.3) is 5.91 Å². The van der Waals surface area contributed by atoms with Gasteiger partial charge < -0.3 is 10.6 Å². The standard InChI is InChI=1S/C17H24N2O/c1-11(2)13-9-16(10-13)18-15-5-3-4-12(8-15)17(20)19-14-6-7-14/h3-5,8,11,13-14,16,18H,6-7,9-10H2,1-2H3,(H,19,20). The number of nitrogens with one attached hydrogen (secondary N) is 2. The predicted molar refractivity (Wildman–Crippen MR) is 81.9 cm³/mol. The van der Waals surface area contributed by atoms with Gasteiger partial charge in [-0.05, 0) is 55.7 Å². The van der Waals surface area contributed by atoms with Gasteiger partial charge in [-0.1, -0.05) is 19.9 Å². The molecule has 0 heterocycles. The Kier molecular flexibility index (Phi) is 3.68. The number of carbonyl (C=O) groups is 1. The van der Waals surface area contributed by atoms with Crippen molar-refractivity contribution in [3.63, 3.8) is 0 Å². The van der Waals surface area contributed by atoms with Crippen molar-refractivity contribution in [1.82, 2.24) is 5.32 Å². The second-order valence-electron chi connectivity index (χ2n) is 6.65. The lowest BCUT2D eigenvalue weighted by molar-refractivity contribution is 0.0951. The van der Waals surface area contributed by atoms with Crippen LogP contribution in [0, 0.1) is 11.8 Å². The molecule has 0 atom stereocenters. The van der Waals surface area contributed by atoms with Gasteiger partial charge in [-0.2, -0.15) is 0 Å². The van der Waals surface area contributed by atoms with Crippen LogP contribution < -0.4 is 10.6 Å². The van der Waals surface area contributed by atoms with Crippen molar-refractivity contribution in [3.05, 3.63) is 29.8 Å². The van der Waals surface area contributed by atoms with Crippen LogP contribution in [-0.4, -0.2) is 18.0 Å². The van der Waals surface area contributed by atoms with E-state index in [0.717, 1.165) is 35.9 Å². The van der Waals surface area contributed by atoms with E-state index < -0.39 is 0 Å². The second kappa shape index (κ2) is 5.47. The molecular formula is C17H24N2O. The summed E-state index contributed by atoms with van der Waals surface area (Å²) in [4.78, 5) is 12.0. The smallest absolute Gasteiger partial charge is 0.251 e. The van der Waals surface area contributed by atoms with Gasteiger partial charge in [0.05, 0.1) is 0 Å². The number of carbonyl (C=O) groups excluding carboxylic acids is 1. The lowest BCUT2D eigenvalue weighted by Crippen LogP contribution is -2.37. The summed E-state index contributed by atoms with van der Waals surface area (Å²) in [5.41, 5.74) is 1.84. The van der Waals surface area contributed by atoms with Gasteiger partial charge in [-0.25, -0.2) is 0 Å². The van der Waals surface area contributed by atoms with Crippen LogP contribution in [0.3, 0.4) is 0 Å². The zero-order valence-corrected chi connectivity index (χ0v) is 12.4. The van der Waals surface area contributed by atoms with Crippen LogP contribution in [0.25, 0.3) is 0 Å². The van der Waals surface area contributed by atoms with E-state index in [2.05, 4.69) is 30.5 Å². The number of amides is 1. The van der Waals surface area contributed by atoms with Crippen molar-refractivity contribution in [1.29, 1.82) is 0 Å². The van der Waals surface area contributed by atoms with E-state index in [1.807, 2.05) is 18.2 Å². The van der Waals surface area contributed by atoms with E-state index >= 15 is 0 Å². The lowest BCUT2D eigenvalue weighted by Gasteiger charge is -2.39. The fraction of sp³-hybridized carbons (Fsp3) is 0.588. The van der Waals surface area contributed by atoms with E-state index in [4.69, 9.17) is 0 Å². The Hall–Kier alpha value is -1.51. The highest BCUT2D eigenvalue weighted by atomic mass is 16.1. The van der Waals surface area contributed by atoms with Gasteiger partial charge in [0.2, 0.25) is 0 Å². The zero-order chi connectivity index (χ0) is 14.1. The molecule has 0 saturated heterocycles. The van der Waals surface area contributed by atoms with E-state index in [0.29, 0.717) is 12.1 Å². The van der Waals surface area contributed by atoms with Crippen LogP contribution in [0.2, 0.25) is 0 Å². The molecule has 2 aliphatic rings. The largest absolute Gasteiger partial charge is 0.382 e. The highest BCUT2D eigenvalue weighted by molar-refractivity contribution is 5.95. The van der Waals surface area contributed by atoms with Crippen molar-refractivity contribution < 1.29 is 4.79 Å². The summed E-state index contributed by atoms with van der Waals surface area (Å²) in [5.74, 6) is 1.70. The van der Waals surface area contributed by atoms with Crippen LogP contribution in [0.5, 0.6) is 0 Å². The Balaban J connectivity index is 1.56. The van der Waals surface area contributed by atoms with Crippen LogP contribution in [0.4, 0.5) is 5.69 Å². The van der Waals surface area contributed by atoms with E-state index in [1.165, 1.54) is 12.8 Å². The van der Waals surface area contributed by atoms with Crippen molar-refractivity contribution in [3.8, 4) is 0 Å². The van der Waals surface area contributed by atoms with Crippen molar-refractivity contribution in [2.75, 3.05) is 5.32 Å². The molecule has 3 rings (SSSR count). The predicted octanol–water partition coefficient (Wildman–Crippen LogP) is 3.43. The molecular weight excluding hydrogens is 248 g/mol. The van der Waals surface area contributed by atoms with Gasteiger partial charge in [-0.3, -0.25) is 4.79 Å². The summed E-state index contributed by atoms with van der Waals surface area (Å²) in [7, 11) is 0. The summed E-state index contributed by atoms with van der Waals surface area (Å²) < 4.78 is 0. The van der Waals surface area contributed by atoms with Crippen LogP contribution in [-0.2, 0) is 0 Å². The van der Waals surface area contributed by atoms with Crippen LogP contribution >= 0.6 is 0 Å². The topological polar surface area (TPSA) is 41.1 Å². The molecule has 108 valence electrons. The molecule has 0 unspecified atom stereocenters. The quantitative estimate of drug-likeness (QED) is 0.862. The van der Waals surface area contributed by atoms with Gasteiger partial charge in [0.1, 0.15) is 0 Å². The fourth-order valence-corrected chi connectivity index (χ4v) is 2.81. The summed E-state index contributed by atoms with van der Waals surface area (Å²) in [6.07, 6.45) is 4.75. The molecule has 1 aromatic carbocycles. The first-order valence-corrected chi connectivity index (χ1v) is 7.79. The first kappa shape index (κ1) is 13.5. The molecule has 2 N–H and O–H groups in total. The molecule has 0 radical (unpaired) electrons. The average molecular weight is 272 g/mol. The van der Waals surface area contributed by atoms with Crippen LogP contribution in [0.1, 0.15) is 49.9 Å². The second-order valence-corrected chi connectivity index (χ2v) is 6.65. The van der Waals surface area contributed by atoms with Gasteiger partial charge in [0.15, 0.2) is 0 Å². The summed E-state index contributed by atoms with van der Waals surface area (Å²) in [6.45, 7) is 4.59. The highest BCUT2D eigenvalue weighted by Crippen LogP contribution is 2.35. The molecule has 2 fully saturated rings. The molecule has 1 amide bonds. The van der Waals surface area contributed by atoms with Gasteiger partial charge >= 0.3 is 0 Å². The Morgan fingerprint density at radius 1 is 1.20 bits per heavy atom. The minimum Gasteiger partial charge on any atom is -0.382 e. The highest BCUT2D eigenvalue weighted by Gasteiger charge is 2.31. The molecule has 2 saturated carbocycles. The van der Waals surface area contributed by atoms with Gasteiger partial charge in [-0.15, -0.1) is 0 Å². The van der Waals surface area contributed by atoms with Crippen molar-refractivity contribution in [2.24, 2.45) is 11.8 Å². The minimum atomic E-state index is 0.0600. The normalized spacial score (nSPS) is 25.1. The lowest BCUT2D eigenvalue weighted by atomic mass is 9.73. The molecule has 3 nitrogen and oxygen atoms in total. The molecule has 0 spiro atoms. The molecule has 20 heavy (non-hydrogen) atoms. The first-order valence-electron chi connectivity index (χ1n) is 7.79. The van der Waals surface area contributed by atoms with Crippen LogP contribution in [0.15, 0.2) is 24.3 Å². The molecule has 1 aromatic rings. The summed E-state index contributed by atoms with van der Waals surface area (Å²) in [5, 5.41) is 6.58. The number of hydrogen-bond donors (Lipinski definition) is 2. The monoisotopic (exact) mass is 272 g/mol. The third-order valence-corrected chi connectivity index (χ3v) is 4.53. The minimum absolute atomic E-state index is 0.0600. The maximum Gasteiger partial charge on any atom is 0.251 e. The maximum absolute atomic E-state index is 12.0. The SMILES string of the molecule is CC(C)C1CC(Nc2cccc(C(=O)NC3CC3)c2)C1. The van der Waals surface area contributed by atoms with Gasteiger partial charge in [0, 0.05) is 23.3 Å². The molecule has 2 aliphatic carbocycles. The number of hydrogen-bond acceptors (Lipinski definition) is 2. The third kappa shape index (κ3) is 3.14. The zero-order valence-electron chi connectivity index (χ0n) is 12.4. The summed E-state index contributed by atoms with van der Waals surface area (Å²) in [6, 6.07) is 8.86. The van der Waals surface area contributed by atoms with E-state index in [1.54, 1.807) is 0 Å². The number of benzene rings is 1. The van der Waals surface area contributed by atoms with E-state index in [-0.39, 0.29) is 5.91 Å². The Labute approximate surface area is 121 Å². The maximum atomic E-state index is 12.0. The molecule has 0 aromatic heterocycles. The Morgan fingerprint density at radius 3 is 2.60 bits per heavy atom. The Morgan fingerprint density at radius 2 is 1.95 bits per heavy atom.